The Hall–Kier alpha value is -4.17. The summed E-state index contributed by atoms with van der Waals surface area (Å²) < 4.78 is 5.81. The fraction of sp³-hybridized carbons (Fsp3) is 0.276. The zero-order valence-electron chi connectivity index (χ0n) is 20.7. The first-order chi connectivity index (χ1) is 18.0. The predicted molar refractivity (Wildman–Crippen MR) is 140 cm³/mol. The summed E-state index contributed by atoms with van der Waals surface area (Å²) in [6, 6.07) is 24.9. The lowest BCUT2D eigenvalue weighted by Gasteiger charge is -2.36. The third kappa shape index (κ3) is 5.49. The van der Waals surface area contributed by atoms with E-state index in [2.05, 4.69) is 10.2 Å². The predicted octanol–water partition coefficient (Wildman–Crippen LogP) is 3.78. The zero-order chi connectivity index (χ0) is 25.8. The number of carbonyl (C=O) groups is 3. The zero-order valence-corrected chi connectivity index (χ0v) is 20.7. The number of nitrogens with zero attached hydrogens (tertiary/aromatic N) is 3. The number of carbonyl (C=O) groups excluding carboxylic acids is 3. The number of nitrogens with one attached hydrogen (secondary N) is 1. The number of amides is 3. The van der Waals surface area contributed by atoms with Crippen LogP contribution in [0.4, 0.5) is 10.5 Å². The highest BCUT2D eigenvalue weighted by atomic mass is 16.6. The molecule has 3 aromatic carbocycles. The molecule has 190 valence electrons. The molecule has 8 nitrogen and oxygen atoms in total. The molecule has 3 amide bonds. The van der Waals surface area contributed by atoms with Gasteiger partial charge in [-0.15, -0.1) is 0 Å². The van der Waals surface area contributed by atoms with Crippen LogP contribution in [-0.4, -0.2) is 71.9 Å². The van der Waals surface area contributed by atoms with Gasteiger partial charge in [0.2, 0.25) is 5.91 Å². The lowest BCUT2D eigenvalue weighted by atomic mass is 9.99. The topological polar surface area (TPSA) is 82.2 Å². The van der Waals surface area contributed by atoms with Crippen molar-refractivity contribution in [3.8, 4) is 0 Å². The molecule has 0 bridgehead atoms. The van der Waals surface area contributed by atoms with E-state index in [-0.39, 0.29) is 18.4 Å². The standard InChI is InChI=1S/C29H30N4O4/c1-31-16-18-32(19-17-31)28(35)25-26(37-29(36)33(25)20-21-8-4-2-5-9-21)22-12-14-24(15-13-22)30-27(34)23-10-6-3-7-11-23/h2-15,25-26H,16-20H2,1H3,(H,30,34). The van der Waals surface area contributed by atoms with Crippen molar-refractivity contribution in [2.45, 2.75) is 18.7 Å². The molecule has 2 fully saturated rings. The van der Waals surface area contributed by atoms with E-state index in [4.69, 9.17) is 4.74 Å². The molecule has 2 aliphatic rings. The van der Waals surface area contributed by atoms with E-state index in [9.17, 15) is 14.4 Å². The van der Waals surface area contributed by atoms with Crippen molar-refractivity contribution in [2.24, 2.45) is 0 Å². The number of rotatable bonds is 6. The molecule has 3 aromatic rings. The summed E-state index contributed by atoms with van der Waals surface area (Å²) in [7, 11) is 2.03. The molecule has 0 saturated carbocycles. The van der Waals surface area contributed by atoms with Gasteiger partial charge in [0.15, 0.2) is 12.1 Å². The van der Waals surface area contributed by atoms with Crippen molar-refractivity contribution in [2.75, 3.05) is 38.5 Å². The van der Waals surface area contributed by atoms with Gasteiger partial charge in [-0.3, -0.25) is 14.5 Å². The molecule has 2 saturated heterocycles. The van der Waals surface area contributed by atoms with Crippen LogP contribution in [0.2, 0.25) is 0 Å². The minimum absolute atomic E-state index is 0.110. The van der Waals surface area contributed by atoms with Crippen molar-refractivity contribution in [1.29, 1.82) is 0 Å². The van der Waals surface area contributed by atoms with E-state index in [1.165, 1.54) is 4.90 Å². The first-order valence-electron chi connectivity index (χ1n) is 12.4. The Balaban J connectivity index is 1.38. The van der Waals surface area contributed by atoms with Crippen molar-refractivity contribution in [1.82, 2.24) is 14.7 Å². The lowest BCUT2D eigenvalue weighted by molar-refractivity contribution is -0.138. The maximum Gasteiger partial charge on any atom is 0.411 e. The van der Waals surface area contributed by atoms with Gasteiger partial charge >= 0.3 is 6.09 Å². The Bertz CT molecular complexity index is 1240. The van der Waals surface area contributed by atoms with Gasteiger partial charge in [0.1, 0.15) is 0 Å². The number of cyclic esters (lactones) is 1. The molecule has 0 aliphatic carbocycles. The quantitative estimate of drug-likeness (QED) is 0.560. The van der Waals surface area contributed by atoms with Crippen LogP contribution in [0.3, 0.4) is 0 Å². The van der Waals surface area contributed by atoms with Gasteiger partial charge < -0.3 is 19.9 Å². The van der Waals surface area contributed by atoms with Crippen LogP contribution in [-0.2, 0) is 16.1 Å². The molecular formula is C29H30N4O4. The fourth-order valence-corrected chi connectivity index (χ4v) is 4.74. The molecule has 37 heavy (non-hydrogen) atoms. The smallest absolute Gasteiger partial charge is 0.411 e. The van der Waals surface area contributed by atoms with Gasteiger partial charge in [-0.25, -0.2) is 4.79 Å². The summed E-state index contributed by atoms with van der Waals surface area (Å²) in [6.07, 6.45) is -1.26. The maximum atomic E-state index is 13.8. The highest BCUT2D eigenvalue weighted by Crippen LogP contribution is 2.35. The van der Waals surface area contributed by atoms with Crippen LogP contribution in [0.25, 0.3) is 0 Å². The Morgan fingerprint density at radius 3 is 2.14 bits per heavy atom. The van der Waals surface area contributed by atoms with E-state index >= 15 is 0 Å². The minimum atomic E-state index is -0.777. The maximum absolute atomic E-state index is 13.8. The average Bonchev–Trinajstić information content (AvgIpc) is 3.25. The van der Waals surface area contributed by atoms with Gasteiger partial charge in [-0.2, -0.15) is 0 Å². The third-order valence-electron chi connectivity index (χ3n) is 6.88. The summed E-state index contributed by atoms with van der Waals surface area (Å²) in [5.74, 6) is -0.320. The molecule has 2 unspecified atom stereocenters. The monoisotopic (exact) mass is 498 g/mol. The molecule has 5 rings (SSSR count). The van der Waals surface area contributed by atoms with E-state index < -0.39 is 18.2 Å². The summed E-state index contributed by atoms with van der Waals surface area (Å²) in [6.45, 7) is 3.07. The van der Waals surface area contributed by atoms with Crippen molar-refractivity contribution in [3.63, 3.8) is 0 Å². The fourth-order valence-electron chi connectivity index (χ4n) is 4.74. The number of piperazine rings is 1. The van der Waals surface area contributed by atoms with Crippen LogP contribution >= 0.6 is 0 Å². The Morgan fingerprint density at radius 2 is 1.49 bits per heavy atom. The van der Waals surface area contributed by atoms with Crippen molar-refractivity contribution < 1.29 is 19.1 Å². The van der Waals surface area contributed by atoms with Crippen LogP contribution in [0.1, 0.15) is 27.6 Å². The molecule has 8 heteroatoms. The van der Waals surface area contributed by atoms with Crippen LogP contribution in [0.5, 0.6) is 0 Å². The van der Waals surface area contributed by atoms with Crippen LogP contribution in [0, 0.1) is 0 Å². The van der Waals surface area contributed by atoms with Gasteiger partial charge in [0, 0.05) is 37.4 Å². The van der Waals surface area contributed by atoms with Crippen LogP contribution < -0.4 is 5.32 Å². The van der Waals surface area contributed by atoms with Crippen LogP contribution in [0.15, 0.2) is 84.9 Å². The van der Waals surface area contributed by atoms with Gasteiger partial charge in [0.05, 0.1) is 6.54 Å². The molecule has 1 N–H and O–H groups in total. The number of hydrogen-bond acceptors (Lipinski definition) is 5. The number of ether oxygens (including phenoxy) is 1. The average molecular weight is 499 g/mol. The largest absolute Gasteiger partial charge is 0.438 e. The molecule has 0 aromatic heterocycles. The van der Waals surface area contributed by atoms with Gasteiger partial charge in [-0.1, -0.05) is 60.7 Å². The van der Waals surface area contributed by atoms with E-state index in [0.717, 1.165) is 18.7 Å². The number of hydrogen-bond donors (Lipinski definition) is 1. The number of likely N-dealkylation sites (N-methyl/N-ethyl adjacent to an activating group) is 1. The first-order valence-corrected chi connectivity index (χ1v) is 12.4. The normalized spacial score (nSPS) is 20.0. The molecule has 0 spiro atoms. The molecule has 2 heterocycles. The Labute approximate surface area is 216 Å². The van der Waals surface area contributed by atoms with E-state index in [0.29, 0.717) is 29.9 Å². The van der Waals surface area contributed by atoms with Crippen molar-refractivity contribution in [3.05, 3.63) is 102 Å². The minimum Gasteiger partial charge on any atom is -0.438 e. The number of benzene rings is 3. The SMILES string of the molecule is CN1CCN(C(=O)C2C(c3ccc(NC(=O)c4ccccc4)cc3)OC(=O)N2Cc2ccccc2)CC1. The third-order valence-corrected chi connectivity index (χ3v) is 6.88. The summed E-state index contributed by atoms with van der Waals surface area (Å²) in [5.41, 5.74) is 2.81. The lowest BCUT2D eigenvalue weighted by Crippen LogP contribution is -2.54. The van der Waals surface area contributed by atoms with Crippen molar-refractivity contribution >= 4 is 23.6 Å². The van der Waals surface area contributed by atoms with Gasteiger partial charge in [-0.05, 0) is 42.4 Å². The van der Waals surface area contributed by atoms with E-state index in [1.54, 1.807) is 36.4 Å². The van der Waals surface area contributed by atoms with Gasteiger partial charge in [0.25, 0.3) is 5.91 Å². The second kappa shape index (κ2) is 10.8. The molecule has 2 atom stereocenters. The summed E-state index contributed by atoms with van der Waals surface area (Å²) in [4.78, 5) is 44.9. The number of anilines is 1. The molecular weight excluding hydrogens is 468 g/mol. The Kier molecular flexibility index (Phi) is 7.18. The van der Waals surface area contributed by atoms with E-state index in [1.807, 2.05) is 60.5 Å². The summed E-state index contributed by atoms with van der Waals surface area (Å²) >= 11 is 0. The highest BCUT2D eigenvalue weighted by molar-refractivity contribution is 6.04. The highest BCUT2D eigenvalue weighted by Gasteiger charge is 2.48. The second-order valence-corrected chi connectivity index (χ2v) is 9.43. The molecule has 0 radical (unpaired) electrons. The first kappa shape index (κ1) is 24.5. The molecule has 2 aliphatic heterocycles. The second-order valence-electron chi connectivity index (χ2n) is 9.43. The Morgan fingerprint density at radius 1 is 0.865 bits per heavy atom. The summed E-state index contributed by atoms with van der Waals surface area (Å²) in [5, 5.41) is 2.88.